The lowest BCUT2D eigenvalue weighted by Gasteiger charge is -2.42. The number of Topliss-reactive ketones (excluding diaryl/α,β-unsaturated/α-hetero) is 2. The maximum Gasteiger partial charge on any atom is 0.350 e. The SMILES string of the molecule is CCNC1CC2C=CCCC2CC1COC(=O)C12OC1(CC(CO)=C(C)CC1(c3ccnc(NCNC)c3)CCCCC1)C(=O)c1ccccc1C2=O. The highest BCUT2D eigenvalue weighted by Gasteiger charge is 2.85. The average molecular weight is 725 g/mol. The van der Waals surface area contributed by atoms with Gasteiger partial charge >= 0.3 is 5.97 Å². The summed E-state index contributed by atoms with van der Waals surface area (Å²) in [6.45, 7) is 5.31. The van der Waals surface area contributed by atoms with Crippen molar-refractivity contribution >= 4 is 23.4 Å². The molecule has 53 heavy (non-hydrogen) atoms. The van der Waals surface area contributed by atoms with Gasteiger partial charge in [-0.25, -0.2) is 9.78 Å². The van der Waals surface area contributed by atoms with Gasteiger partial charge in [0.05, 0.1) is 19.9 Å². The quantitative estimate of drug-likeness (QED) is 0.0597. The number of carbonyl (C=O) groups excluding carboxylic acids is 3. The first kappa shape index (κ1) is 37.6. The van der Waals surface area contributed by atoms with Crippen LogP contribution in [0, 0.1) is 17.8 Å². The van der Waals surface area contributed by atoms with E-state index >= 15 is 0 Å². The second-order valence-electron chi connectivity index (χ2n) is 16.1. The molecule has 2 saturated carbocycles. The number of hydrogen-bond acceptors (Lipinski definition) is 10. The van der Waals surface area contributed by atoms with Crippen molar-refractivity contribution in [3.05, 3.63) is 82.6 Å². The first-order valence-electron chi connectivity index (χ1n) is 19.8. The van der Waals surface area contributed by atoms with Gasteiger partial charge in [0, 0.05) is 35.7 Å². The zero-order chi connectivity index (χ0) is 37.2. The minimum atomic E-state index is -2.08. The molecule has 3 fully saturated rings. The van der Waals surface area contributed by atoms with Gasteiger partial charge in [0.2, 0.25) is 5.78 Å². The van der Waals surface area contributed by atoms with Crippen molar-refractivity contribution in [1.29, 1.82) is 0 Å². The van der Waals surface area contributed by atoms with Gasteiger partial charge < -0.3 is 30.5 Å². The molecule has 1 aromatic heterocycles. The van der Waals surface area contributed by atoms with E-state index in [9.17, 15) is 19.5 Å². The number of ketones is 2. The molecule has 6 atom stereocenters. The topological polar surface area (TPSA) is 142 Å². The Labute approximate surface area is 313 Å². The van der Waals surface area contributed by atoms with Gasteiger partial charge in [-0.1, -0.05) is 68.2 Å². The molecule has 1 saturated heterocycles. The highest BCUT2D eigenvalue weighted by atomic mass is 16.7. The fourth-order valence-corrected chi connectivity index (χ4v) is 10.1. The number of aliphatic hydroxyl groups excluding tert-OH is 1. The minimum absolute atomic E-state index is 0.0652. The van der Waals surface area contributed by atoms with Gasteiger partial charge in [-0.2, -0.15) is 0 Å². The lowest BCUT2D eigenvalue weighted by Crippen LogP contribution is -2.52. The van der Waals surface area contributed by atoms with Crippen molar-refractivity contribution in [3.63, 3.8) is 0 Å². The number of allylic oxidation sites excluding steroid dienone is 3. The van der Waals surface area contributed by atoms with Gasteiger partial charge in [0.1, 0.15) is 5.82 Å². The van der Waals surface area contributed by atoms with E-state index in [0.29, 0.717) is 30.5 Å². The van der Waals surface area contributed by atoms with Crippen LogP contribution >= 0.6 is 0 Å². The number of benzene rings is 1. The van der Waals surface area contributed by atoms with Gasteiger partial charge in [-0.3, -0.25) is 9.59 Å². The molecule has 2 aromatic rings. The Bertz CT molecular complexity index is 1770. The van der Waals surface area contributed by atoms with E-state index in [2.05, 4.69) is 52.1 Å². The fraction of sp³-hybridized carbons (Fsp3) is 0.581. The maximum absolute atomic E-state index is 14.5. The lowest BCUT2D eigenvalue weighted by molar-refractivity contribution is -0.150. The largest absolute Gasteiger partial charge is 0.463 e. The third-order valence-electron chi connectivity index (χ3n) is 13.0. The van der Waals surface area contributed by atoms with Crippen LogP contribution in [0.25, 0.3) is 0 Å². The molecule has 10 nitrogen and oxygen atoms in total. The van der Waals surface area contributed by atoms with Crippen molar-refractivity contribution < 1.29 is 29.0 Å². The van der Waals surface area contributed by atoms with Crippen LogP contribution in [0.5, 0.6) is 0 Å². The smallest absolute Gasteiger partial charge is 0.350 e. The summed E-state index contributed by atoms with van der Waals surface area (Å²) < 4.78 is 12.4. The standard InChI is InChI=1S/C43H56N4O6/c1-4-45-36-21-30-13-7-6-12-29(30)20-31(36)26-52-40(51)43-39(50)35-15-9-8-14-34(35)38(49)42(43,53-43)24-32(25-48)28(2)23-41(17-10-5-11-18-41)33-16-19-46-37(22-33)47-27-44-3/h7-9,13-16,19,22,29-31,36,44-45,48H,4-6,10-12,17-18,20-21,23-27H2,1-3H3,(H,46,47). The van der Waals surface area contributed by atoms with Crippen molar-refractivity contribution in [2.24, 2.45) is 17.8 Å². The summed E-state index contributed by atoms with van der Waals surface area (Å²) in [5.74, 6) is 0.176. The van der Waals surface area contributed by atoms with Crippen LogP contribution in [-0.2, 0) is 19.7 Å². The Hall–Kier alpha value is -3.70. The zero-order valence-electron chi connectivity index (χ0n) is 31.5. The third kappa shape index (κ3) is 6.81. The maximum atomic E-state index is 14.5. The molecule has 2 heterocycles. The number of nitrogens with zero attached hydrogens (tertiary/aromatic N) is 1. The number of carbonyl (C=O) groups is 3. The Morgan fingerprint density at radius 2 is 1.83 bits per heavy atom. The molecule has 1 aromatic carbocycles. The number of fused-ring (bicyclic) bond motifs is 3. The lowest BCUT2D eigenvalue weighted by atomic mass is 9.65. The van der Waals surface area contributed by atoms with Gasteiger partial charge in [0.25, 0.3) is 5.60 Å². The monoisotopic (exact) mass is 724 g/mol. The molecule has 10 heteroatoms. The number of pyridine rings is 1. The minimum Gasteiger partial charge on any atom is -0.463 e. The summed E-state index contributed by atoms with van der Waals surface area (Å²) in [5.41, 5.74) is -0.885. The van der Waals surface area contributed by atoms with Crippen molar-refractivity contribution in [2.75, 3.05) is 38.8 Å². The van der Waals surface area contributed by atoms with E-state index < -0.39 is 28.7 Å². The van der Waals surface area contributed by atoms with E-state index in [-0.39, 0.29) is 48.1 Å². The van der Waals surface area contributed by atoms with Crippen molar-refractivity contribution in [2.45, 2.75) is 107 Å². The number of epoxide rings is 1. The molecule has 284 valence electrons. The van der Waals surface area contributed by atoms with Crippen LogP contribution < -0.4 is 16.0 Å². The van der Waals surface area contributed by atoms with Crippen LogP contribution in [0.4, 0.5) is 5.82 Å². The Kier molecular flexibility index (Phi) is 11.1. The summed E-state index contributed by atoms with van der Waals surface area (Å²) in [5, 5.41) is 21.0. The molecule has 4 N–H and O–H groups in total. The molecule has 0 bridgehead atoms. The normalized spacial score (nSPS) is 30.4. The number of nitrogens with one attached hydrogen (secondary N) is 3. The van der Waals surface area contributed by atoms with Crippen LogP contribution in [0.15, 0.2) is 65.9 Å². The second kappa shape index (κ2) is 15.6. The Balaban J connectivity index is 1.18. The summed E-state index contributed by atoms with van der Waals surface area (Å²) in [6.07, 6.45) is 16.5. The predicted molar refractivity (Wildman–Crippen MR) is 204 cm³/mol. The molecule has 7 rings (SSSR count). The number of rotatable bonds is 14. The summed E-state index contributed by atoms with van der Waals surface area (Å²) >= 11 is 0. The highest BCUT2D eigenvalue weighted by molar-refractivity contribution is 6.32. The molecule has 6 unspecified atom stereocenters. The van der Waals surface area contributed by atoms with Crippen molar-refractivity contribution in [3.8, 4) is 0 Å². The Morgan fingerprint density at radius 3 is 2.57 bits per heavy atom. The van der Waals surface area contributed by atoms with Crippen LogP contribution in [-0.4, -0.2) is 78.3 Å². The third-order valence-corrected chi connectivity index (χ3v) is 13.0. The molecular weight excluding hydrogens is 668 g/mol. The van der Waals surface area contributed by atoms with Crippen molar-refractivity contribution in [1.82, 2.24) is 15.6 Å². The number of aromatic nitrogens is 1. The predicted octanol–water partition coefficient (Wildman–Crippen LogP) is 6.06. The molecule has 0 amide bonds. The van der Waals surface area contributed by atoms with E-state index in [1.54, 1.807) is 24.3 Å². The zero-order valence-corrected chi connectivity index (χ0v) is 31.5. The van der Waals surface area contributed by atoms with E-state index in [0.717, 1.165) is 69.3 Å². The summed E-state index contributed by atoms with van der Waals surface area (Å²) in [7, 11) is 1.88. The van der Waals surface area contributed by atoms with Gasteiger partial charge in [-0.05, 0) is 106 Å². The number of aliphatic hydroxyl groups is 1. The average Bonchev–Trinajstić information content (AvgIpc) is 3.89. The molecule has 1 aliphatic heterocycles. The number of esters is 1. The summed E-state index contributed by atoms with van der Waals surface area (Å²) in [6, 6.07) is 11.0. The molecule has 0 radical (unpaired) electrons. The highest BCUT2D eigenvalue weighted by Crippen LogP contribution is 2.60. The van der Waals surface area contributed by atoms with Crippen LogP contribution in [0.2, 0.25) is 0 Å². The van der Waals surface area contributed by atoms with Crippen LogP contribution in [0.1, 0.15) is 111 Å². The fourth-order valence-electron chi connectivity index (χ4n) is 10.1. The molecule has 5 aliphatic rings. The summed E-state index contributed by atoms with van der Waals surface area (Å²) in [4.78, 5) is 47.8. The van der Waals surface area contributed by atoms with Gasteiger partial charge in [0.15, 0.2) is 11.4 Å². The Morgan fingerprint density at radius 1 is 1.06 bits per heavy atom. The second-order valence-corrected chi connectivity index (χ2v) is 16.1. The van der Waals surface area contributed by atoms with Crippen LogP contribution in [0.3, 0.4) is 0 Å². The van der Waals surface area contributed by atoms with E-state index in [4.69, 9.17) is 9.47 Å². The van der Waals surface area contributed by atoms with Gasteiger partial charge in [-0.15, -0.1) is 0 Å². The molecule has 0 spiro atoms. The first-order chi connectivity index (χ1) is 25.7. The first-order valence-corrected chi connectivity index (χ1v) is 19.8. The number of ether oxygens (including phenoxy) is 2. The van der Waals surface area contributed by atoms with E-state index in [1.807, 2.05) is 20.2 Å². The number of anilines is 1. The molecule has 4 aliphatic carbocycles. The van der Waals surface area contributed by atoms with E-state index in [1.165, 1.54) is 12.0 Å². The number of hydrogen-bond donors (Lipinski definition) is 4. The molecular formula is C43H56N4O6.